The van der Waals surface area contributed by atoms with Crippen LogP contribution in [0.15, 0.2) is 72.8 Å². The summed E-state index contributed by atoms with van der Waals surface area (Å²) in [5, 5.41) is 5.20. The van der Waals surface area contributed by atoms with Crippen molar-refractivity contribution in [3.8, 4) is 0 Å². The van der Waals surface area contributed by atoms with E-state index in [1.165, 1.54) is 51.1 Å². The molecule has 0 aliphatic carbocycles. The summed E-state index contributed by atoms with van der Waals surface area (Å²) >= 11 is 0. The molecule has 0 saturated carbocycles. The van der Waals surface area contributed by atoms with Gasteiger partial charge in [-0.25, -0.2) is 0 Å². The van der Waals surface area contributed by atoms with Crippen LogP contribution in [0.2, 0.25) is 0 Å². The van der Waals surface area contributed by atoms with E-state index in [2.05, 4.69) is 115 Å². The molecule has 0 N–H and O–H groups in total. The van der Waals surface area contributed by atoms with Gasteiger partial charge >= 0.3 is 0 Å². The average Bonchev–Trinajstić information content (AvgIpc) is 3.63. The minimum atomic E-state index is 0. The summed E-state index contributed by atoms with van der Waals surface area (Å²) in [7, 11) is 0. The van der Waals surface area contributed by atoms with Crippen LogP contribution in [0.4, 0.5) is 0 Å². The number of rotatable bonds is 9. The van der Waals surface area contributed by atoms with Crippen molar-refractivity contribution >= 4 is 21.5 Å². The summed E-state index contributed by atoms with van der Waals surface area (Å²) in [6, 6.07) is 28.9. The normalized spacial score (nSPS) is 18.0. The number of ether oxygens (including phenoxy) is 4. The summed E-state index contributed by atoms with van der Waals surface area (Å²) in [4.78, 5) is 0. The van der Waals surface area contributed by atoms with Gasteiger partial charge in [0.25, 0.3) is 0 Å². The molecule has 2 aliphatic heterocycles. The largest absolute Gasteiger partial charge is 0.376 e. The number of fused-ring (bicyclic) bond motifs is 3. The number of aryl methyl sites for hydroxylation is 3. The Morgan fingerprint density at radius 2 is 1.12 bits per heavy atom. The topological polar surface area (TPSA) is 36.9 Å². The number of unbranched alkanes of at least 4 members (excludes halogenated alkanes) is 1. The van der Waals surface area contributed by atoms with Crippen molar-refractivity contribution in [2.45, 2.75) is 104 Å². The van der Waals surface area contributed by atoms with E-state index in [4.69, 9.17) is 18.9 Å². The fourth-order valence-corrected chi connectivity index (χ4v) is 5.43. The zero-order chi connectivity index (χ0) is 32.4. The molecule has 9 heteroatoms. The van der Waals surface area contributed by atoms with Crippen LogP contribution in [-0.4, -0.2) is 50.8 Å². The first-order chi connectivity index (χ1) is 21.9. The molecule has 4 nitrogen and oxygen atoms in total. The number of hydrogen-bond acceptors (Lipinski definition) is 4. The molecular formula is C41H56O4Y5-2. The van der Waals surface area contributed by atoms with Crippen LogP contribution in [0.5, 0.6) is 0 Å². The first-order valence-corrected chi connectivity index (χ1v) is 17.0. The Morgan fingerprint density at radius 3 is 1.68 bits per heavy atom. The molecule has 2 saturated heterocycles. The van der Waals surface area contributed by atoms with Gasteiger partial charge in [-0.05, 0) is 49.4 Å². The Kier molecular flexibility index (Phi) is 38.7. The van der Waals surface area contributed by atoms with Gasteiger partial charge in [0.1, 0.15) is 24.4 Å². The van der Waals surface area contributed by atoms with E-state index < -0.39 is 0 Å². The molecule has 2 heterocycles. The van der Waals surface area contributed by atoms with Crippen LogP contribution in [0.3, 0.4) is 0 Å². The molecule has 0 unspecified atom stereocenters. The van der Waals surface area contributed by atoms with Crippen LogP contribution in [-0.2, 0) is 189 Å². The predicted octanol–water partition coefficient (Wildman–Crippen LogP) is 10.0. The molecule has 261 valence electrons. The van der Waals surface area contributed by atoms with Crippen molar-refractivity contribution in [1.29, 1.82) is 0 Å². The van der Waals surface area contributed by atoms with E-state index in [0.717, 1.165) is 32.3 Å². The molecule has 2 fully saturated rings. The van der Waals surface area contributed by atoms with Crippen LogP contribution >= 0.6 is 0 Å². The summed E-state index contributed by atoms with van der Waals surface area (Å²) in [5.41, 5.74) is 4.01. The third-order valence-corrected chi connectivity index (χ3v) is 7.53. The number of hydrogen-bond donors (Lipinski definition) is 0. The standard InChI is InChI=1S/C24H31O4.C11H9.2C3H8.5Y/c1-3-11-25-21-15-27-24-22(16-28-23(21)24)26-12-5-4-6-18-8-10-19-13-17(2)7-9-20(19)14-18;1-9-6-7-10-4-2-3-5-11(10)8-9;2*1-3-2;;;;;/h7-10,13-14,21-24H,1,3-6,11-12,15-16H2,2H3;3-8H,1H3;2*3H2,1-2H3;;;;;/q2*-1;;;;;;;/t21-,22-,23-,24-;;;;;;;;/m1......../s1. The van der Waals surface area contributed by atoms with Crippen molar-refractivity contribution in [2.75, 3.05) is 26.4 Å². The SMILES string of the molecule is CCC.CCC.Cc1ccc2c[c-]ccc2c1.[CH2-]CCO[C@@H]1CO[C@H]2[C@@H]1OC[C@H]2OCCCCc1ccc2cc(C)ccc2c1.[Y].[Y].[Y].[Y].[Y]. The summed E-state index contributed by atoms with van der Waals surface area (Å²) in [6.07, 6.45) is 6.59. The van der Waals surface area contributed by atoms with Gasteiger partial charge in [-0.2, -0.15) is 30.7 Å². The van der Waals surface area contributed by atoms with Gasteiger partial charge in [-0.1, -0.05) is 100 Å². The van der Waals surface area contributed by atoms with Gasteiger partial charge in [0.05, 0.1) is 13.2 Å². The maximum Gasteiger partial charge on any atom is 0.115 e. The van der Waals surface area contributed by atoms with Crippen molar-refractivity contribution < 1.29 is 182 Å². The molecule has 2 aliphatic rings. The average molecular weight is 1060 g/mol. The Bertz CT molecular complexity index is 1400. The Labute approximate surface area is 430 Å². The van der Waals surface area contributed by atoms with Crippen LogP contribution in [0, 0.1) is 26.8 Å². The first-order valence-electron chi connectivity index (χ1n) is 17.0. The van der Waals surface area contributed by atoms with Crippen molar-refractivity contribution in [3.63, 3.8) is 0 Å². The second kappa shape index (κ2) is 33.9. The maximum atomic E-state index is 6.07. The summed E-state index contributed by atoms with van der Waals surface area (Å²) in [6.45, 7) is 19.2. The zero-order valence-electron chi connectivity index (χ0n) is 31.5. The molecule has 5 radical (unpaired) electrons. The number of benzene rings is 4. The molecule has 0 bridgehead atoms. The molecule has 0 aromatic heterocycles. The zero-order valence-corrected chi connectivity index (χ0v) is 45.7. The molecule has 0 spiro atoms. The molecular weight excluding hydrogens is 1000 g/mol. The minimum Gasteiger partial charge on any atom is -0.376 e. The van der Waals surface area contributed by atoms with Gasteiger partial charge < -0.3 is 25.9 Å². The van der Waals surface area contributed by atoms with Crippen molar-refractivity contribution in [3.05, 3.63) is 102 Å². The van der Waals surface area contributed by atoms with Crippen LogP contribution in [0.1, 0.15) is 76.5 Å². The second-order valence-electron chi connectivity index (χ2n) is 12.1. The predicted molar refractivity (Wildman–Crippen MR) is 190 cm³/mol. The third-order valence-electron chi connectivity index (χ3n) is 7.53. The molecule has 4 atom stereocenters. The van der Waals surface area contributed by atoms with Gasteiger partial charge in [0.2, 0.25) is 0 Å². The Morgan fingerprint density at radius 1 is 0.640 bits per heavy atom. The summed E-state index contributed by atoms with van der Waals surface area (Å²) < 4.78 is 23.6. The van der Waals surface area contributed by atoms with Gasteiger partial charge in [-0.3, -0.25) is 0 Å². The molecule has 4 aromatic rings. The third kappa shape index (κ3) is 20.3. The fourth-order valence-electron chi connectivity index (χ4n) is 5.43. The van der Waals surface area contributed by atoms with Crippen molar-refractivity contribution in [2.24, 2.45) is 0 Å². The summed E-state index contributed by atoms with van der Waals surface area (Å²) in [5.74, 6) is 0. The van der Waals surface area contributed by atoms with E-state index in [1.54, 1.807) is 0 Å². The van der Waals surface area contributed by atoms with E-state index >= 15 is 0 Å². The van der Waals surface area contributed by atoms with Crippen molar-refractivity contribution in [1.82, 2.24) is 0 Å². The Balaban J connectivity index is -0.000000847. The van der Waals surface area contributed by atoms with Crippen LogP contribution in [0.25, 0.3) is 21.5 Å². The monoisotopic (exact) mass is 1060 g/mol. The van der Waals surface area contributed by atoms with Gasteiger partial charge in [0, 0.05) is 177 Å². The van der Waals surface area contributed by atoms with E-state index in [1.807, 2.05) is 12.1 Å². The molecule has 4 aromatic carbocycles. The van der Waals surface area contributed by atoms with E-state index in [-0.39, 0.29) is 188 Å². The molecule has 50 heavy (non-hydrogen) atoms. The van der Waals surface area contributed by atoms with Crippen LogP contribution < -0.4 is 0 Å². The minimum absolute atomic E-state index is 0. The fraction of sp³-hybridized carbons (Fsp3) is 0.488. The molecule has 0 amide bonds. The molecule has 6 rings (SSSR count). The smallest absolute Gasteiger partial charge is 0.115 e. The maximum absolute atomic E-state index is 6.07. The Hall–Kier alpha value is 2.76. The van der Waals surface area contributed by atoms with E-state index in [9.17, 15) is 0 Å². The van der Waals surface area contributed by atoms with E-state index in [0.29, 0.717) is 19.8 Å². The second-order valence-corrected chi connectivity index (χ2v) is 12.1. The quantitative estimate of drug-likeness (QED) is 0.124. The van der Waals surface area contributed by atoms with Gasteiger partial charge in [0.15, 0.2) is 0 Å². The first kappa shape index (κ1) is 57.1. The van der Waals surface area contributed by atoms with Gasteiger partial charge in [-0.15, -0.1) is 16.8 Å².